The number of rotatable bonds is 5. The molecule has 3 rings (SSSR count). The number of aromatic nitrogens is 1. The van der Waals surface area contributed by atoms with Crippen LogP contribution in [0.1, 0.15) is 31.8 Å². The Labute approximate surface area is 156 Å². The first-order valence-electron chi connectivity index (χ1n) is 8.33. The summed E-state index contributed by atoms with van der Waals surface area (Å²) in [7, 11) is 0. The van der Waals surface area contributed by atoms with Crippen LogP contribution in [-0.2, 0) is 6.54 Å². The smallest absolute Gasteiger partial charge is 0.258 e. The second-order valence-corrected chi connectivity index (χ2v) is 6.09. The van der Waals surface area contributed by atoms with Gasteiger partial charge >= 0.3 is 0 Å². The highest BCUT2D eigenvalue weighted by atomic mass is 19.1. The van der Waals surface area contributed by atoms with E-state index in [-0.39, 0.29) is 23.8 Å². The number of para-hydroxylation sites is 1. The fourth-order valence-electron chi connectivity index (χ4n) is 2.81. The fraction of sp³-hybridized carbons (Fsp3) is 0.0952. The molecule has 0 unspecified atom stereocenters. The lowest BCUT2D eigenvalue weighted by molar-refractivity contribution is 0.0984. The van der Waals surface area contributed by atoms with Crippen LogP contribution in [0.2, 0.25) is 0 Å². The fourth-order valence-corrected chi connectivity index (χ4v) is 2.81. The summed E-state index contributed by atoms with van der Waals surface area (Å²) in [6, 6.07) is 14.1. The summed E-state index contributed by atoms with van der Waals surface area (Å²) in [5, 5.41) is 0. The first kappa shape index (κ1) is 18.3. The molecule has 2 amide bonds. The molecule has 0 radical (unpaired) electrons. The number of nitrogens with zero attached hydrogens (tertiary/aromatic N) is 2. The number of hydrogen-bond donors (Lipinski definition) is 1. The number of aryl methyl sites for hydroxylation is 1. The molecule has 0 fully saturated rings. The lowest BCUT2D eigenvalue weighted by Gasteiger charge is -2.25. The second-order valence-electron chi connectivity index (χ2n) is 6.09. The van der Waals surface area contributed by atoms with Crippen LogP contribution in [0, 0.1) is 12.7 Å². The monoisotopic (exact) mass is 363 g/mol. The van der Waals surface area contributed by atoms with Crippen molar-refractivity contribution in [2.75, 3.05) is 4.90 Å². The van der Waals surface area contributed by atoms with Gasteiger partial charge < -0.3 is 10.6 Å². The van der Waals surface area contributed by atoms with Gasteiger partial charge in [-0.25, -0.2) is 4.39 Å². The summed E-state index contributed by atoms with van der Waals surface area (Å²) in [4.78, 5) is 30.6. The van der Waals surface area contributed by atoms with E-state index in [0.717, 1.165) is 5.56 Å². The molecule has 0 aliphatic rings. The Hall–Kier alpha value is -3.54. The Morgan fingerprint density at radius 1 is 1.04 bits per heavy atom. The Morgan fingerprint density at radius 2 is 1.74 bits per heavy atom. The first-order valence-corrected chi connectivity index (χ1v) is 8.33. The predicted octanol–water partition coefficient (Wildman–Crippen LogP) is 3.48. The highest BCUT2D eigenvalue weighted by Crippen LogP contribution is 2.25. The average molecular weight is 363 g/mol. The molecular weight excluding hydrogens is 345 g/mol. The zero-order chi connectivity index (χ0) is 19.4. The lowest BCUT2D eigenvalue weighted by atomic mass is 10.1. The normalized spacial score (nSPS) is 10.4. The molecule has 0 saturated heterocycles. The van der Waals surface area contributed by atoms with E-state index in [2.05, 4.69) is 4.98 Å². The second kappa shape index (κ2) is 7.78. The first-order chi connectivity index (χ1) is 13.0. The Balaban J connectivity index is 2.09. The van der Waals surface area contributed by atoms with E-state index >= 15 is 0 Å². The van der Waals surface area contributed by atoms with Crippen molar-refractivity contribution >= 4 is 17.5 Å². The molecule has 0 bridgehead atoms. The van der Waals surface area contributed by atoms with E-state index in [1.54, 1.807) is 55.6 Å². The number of nitrogens with two attached hydrogens (primary N) is 1. The number of pyridine rings is 1. The molecule has 5 nitrogen and oxygen atoms in total. The van der Waals surface area contributed by atoms with E-state index < -0.39 is 5.91 Å². The Bertz CT molecular complexity index is 987. The maximum atomic E-state index is 13.3. The summed E-state index contributed by atoms with van der Waals surface area (Å²) in [5.74, 6) is -1.29. The summed E-state index contributed by atoms with van der Waals surface area (Å²) < 4.78 is 13.2. The van der Waals surface area contributed by atoms with Crippen molar-refractivity contribution < 1.29 is 14.0 Å². The van der Waals surface area contributed by atoms with Crippen LogP contribution in [0.25, 0.3) is 0 Å². The van der Waals surface area contributed by atoms with E-state index in [0.29, 0.717) is 16.8 Å². The van der Waals surface area contributed by atoms with Crippen molar-refractivity contribution in [3.63, 3.8) is 0 Å². The van der Waals surface area contributed by atoms with E-state index in [1.807, 2.05) is 0 Å². The molecule has 2 N–H and O–H groups in total. The molecule has 27 heavy (non-hydrogen) atoms. The molecule has 1 aromatic heterocycles. The summed E-state index contributed by atoms with van der Waals surface area (Å²) in [6.45, 7) is 1.95. The highest BCUT2D eigenvalue weighted by Gasteiger charge is 2.23. The van der Waals surface area contributed by atoms with E-state index in [9.17, 15) is 14.0 Å². The van der Waals surface area contributed by atoms with Gasteiger partial charge in [-0.1, -0.05) is 24.3 Å². The van der Waals surface area contributed by atoms with Crippen LogP contribution in [0.15, 0.2) is 67.0 Å². The molecule has 0 aliphatic heterocycles. The van der Waals surface area contributed by atoms with Gasteiger partial charge in [-0.3, -0.25) is 14.6 Å². The van der Waals surface area contributed by atoms with Crippen molar-refractivity contribution in [2.24, 2.45) is 5.73 Å². The quantitative estimate of drug-likeness (QED) is 0.754. The maximum absolute atomic E-state index is 13.3. The number of primary amides is 1. The number of carbonyl (C=O) groups is 2. The number of amides is 2. The van der Waals surface area contributed by atoms with Crippen LogP contribution in [0.5, 0.6) is 0 Å². The summed E-state index contributed by atoms with van der Waals surface area (Å²) in [5.41, 5.74) is 8.03. The Morgan fingerprint density at radius 3 is 2.41 bits per heavy atom. The number of benzene rings is 2. The molecule has 0 saturated carbocycles. The largest absolute Gasteiger partial charge is 0.366 e. The maximum Gasteiger partial charge on any atom is 0.258 e. The van der Waals surface area contributed by atoms with Gasteiger partial charge in [0.05, 0.1) is 17.8 Å². The third kappa shape index (κ3) is 4.00. The summed E-state index contributed by atoms with van der Waals surface area (Å²) in [6.07, 6.45) is 3.14. The molecule has 0 spiro atoms. The minimum Gasteiger partial charge on any atom is -0.366 e. The average Bonchev–Trinajstić information content (AvgIpc) is 2.67. The van der Waals surface area contributed by atoms with E-state index in [4.69, 9.17) is 5.73 Å². The SMILES string of the molecule is Cc1cnccc1C(=O)N(Cc1ccc(F)cc1)c1ccccc1C(N)=O. The van der Waals surface area contributed by atoms with Gasteiger partial charge in [-0.15, -0.1) is 0 Å². The minimum absolute atomic E-state index is 0.158. The van der Waals surface area contributed by atoms with Crippen molar-refractivity contribution in [3.8, 4) is 0 Å². The number of halogens is 1. The molecular formula is C21H18FN3O2. The lowest BCUT2D eigenvalue weighted by Crippen LogP contribution is -2.33. The minimum atomic E-state index is -0.631. The van der Waals surface area contributed by atoms with Gasteiger partial charge in [-0.2, -0.15) is 0 Å². The molecule has 6 heteroatoms. The number of hydrogen-bond acceptors (Lipinski definition) is 3. The van der Waals surface area contributed by atoms with Crippen LogP contribution < -0.4 is 10.6 Å². The van der Waals surface area contributed by atoms with Gasteiger partial charge in [-0.05, 0) is 48.4 Å². The molecule has 0 aliphatic carbocycles. The van der Waals surface area contributed by atoms with Crippen molar-refractivity contribution in [2.45, 2.75) is 13.5 Å². The van der Waals surface area contributed by atoms with E-state index in [1.165, 1.54) is 23.2 Å². The molecule has 1 heterocycles. The predicted molar refractivity (Wildman–Crippen MR) is 101 cm³/mol. The molecule has 3 aromatic rings. The van der Waals surface area contributed by atoms with Crippen LogP contribution in [-0.4, -0.2) is 16.8 Å². The highest BCUT2D eigenvalue weighted by molar-refractivity contribution is 6.10. The molecule has 2 aromatic carbocycles. The van der Waals surface area contributed by atoms with Crippen LogP contribution >= 0.6 is 0 Å². The van der Waals surface area contributed by atoms with Crippen LogP contribution in [0.3, 0.4) is 0 Å². The van der Waals surface area contributed by atoms with Gasteiger partial charge in [0, 0.05) is 18.0 Å². The van der Waals surface area contributed by atoms with Gasteiger partial charge in [0.25, 0.3) is 11.8 Å². The van der Waals surface area contributed by atoms with Gasteiger partial charge in [0.1, 0.15) is 5.82 Å². The van der Waals surface area contributed by atoms with Crippen molar-refractivity contribution in [1.29, 1.82) is 0 Å². The third-order valence-electron chi connectivity index (χ3n) is 4.21. The zero-order valence-corrected chi connectivity index (χ0v) is 14.7. The number of carbonyl (C=O) groups excluding carboxylic acids is 2. The number of anilines is 1. The summed E-state index contributed by atoms with van der Waals surface area (Å²) >= 11 is 0. The van der Waals surface area contributed by atoms with Crippen LogP contribution in [0.4, 0.5) is 10.1 Å². The topological polar surface area (TPSA) is 76.3 Å². The molecule has 136 valence electrons. The van der Waals surface area contributed by atoms with Gasteiger partial charge in [0.2, 0.25) is 0 Å². The van der Waals surface area contributed by atoms with Crippen molar-refractivity contribution in [3.05, 3.63) is 95.1 Å². The Kier molecular flexibility index (Phi) is 5.26. The zero-order valence-electron chi connectivity index (χ0n) is 14.7. The van der Waals surface area contributed by atoms with Crippen molar-refractivity contribution in [1.82, 2.24) is 4.98 Å². The third-order valence-corrected chi connectivity index (χ3v) is 4.21. The van der Waals surface area contributed by atoms with Gasteiger partial charge in [0.15, 0.2) is 0 Å². The molecule has 0 atom stereocenters. The standard InChI is InChI=1S/C21H18FN3O2/c1-14-12-24-11-10-17(14)21(27)25(13-15-6-8-16(22)9-7-15)19-5-3-2-4-18(19)20(23)26/h2-12H,13H2,1H3,(H2,23,26).